The maximum Gasteiger partial charge on any atom is 0.243 e. The normalized spacial score (nSPS) is 14.2. The van der Waals surface area contributed by atoms with Crippen LogP contribution in [0.15, 0.2) is 42.5 Å². The van der Waals surface area contributed by atoms with Crippen LogP contribution in [0.25, 0.3) is 0 Å². The highest BCUT2D eigenvalue weighted by Gasteiger charge is 2.34. The van der Waals surface area contributed by atoms with E-state index in [0.29, 0.717) is 22.9 Å². The van der Waals surface area contributed by atoms with Crippen LogP contribution in [-0.4, -0.2) is 41.8 Å². The van der Waals surface area contributed by atoms with Crippen LogP contribution < -0.4 is 16.0 Å². The molecular formula is C27H30F2N4O4. The van der Waals surface area contributed by atoms with Gasteiger partial charge in [0.25, 0.3) is 0 Å². The molecule has 0 saturated heterocycles. The Morgan fingerprint density at radius 3 is 2.27 bits per heavy atom. The van der Waals surface area contributed by atoms with Crippen molar-refractivity contribution in [3.05, 3.63) is 70.8 Å². The summed E-state index contributed by atoms with van der Waals surface area (Å²) >= 11 is 0. The molecule has 0 aliphatic heterocycles. The summed E-state index contributed by atoms with van der Waals surface area (Å²) in [4.78, 5) is 50.4. The number of nitrogens with one attached hydrogen (secondary N) is 4. The molecule has 1 saturated carbocycles. The van der Waals surface area contributed by atoms with Crippen LogP contribution in [0.3, 0.4) is 0 Å². The number of Topliss-reactive ketones (excluding diaryl/α,β-unsaturated/α-hetero) is 1. The van der Waals surface area contributed by atoms with Crippen molar-refractivity contribution in [2.45, 2.75) is 57.7 Å². The molecule has 0 aromatic heterocycles. The molecule has 2 atom stereocenters. The molecular weight excluding hydrogens is 482 g/mol. The summed E-state index contributed by atoms with van der Waals surface area (Å²) in [7, 11) is 0. The summed E-state index contributed by atoms with van der Waals surface area (Å²) in [5.74, 6) is -2.96. The first-order valence-corrected chi connectivity index (χ1v) is 12.1. The van der Waals surface area contributed by atoms with Gasteiger partial charge >= 0.3 is 0 Å². The number of amides is 3. The molecule has 1 fully saturated rings. The van der Waals surface area contributed by atoms with E-state index >= 15 is 0 Å². The van der Waals surface area contributed by atoms with Crippen molar-refractivity contribution in [3.8, 4) is 0 Å². The average molecular weight is 513 g/mol. The summed E-state index contributed by atoms with van der Waals surface area (Å²) < 4.78 is 26.7. The zero-order valence-electron chi connectivity index (χ0n) is 20.5. The highest BCUT2D eigenvalue weighted by Crippen LogP contribution is 2.29. The number of hydrogen-bond acceptors (Lipinski definition) is 5. The van der Waals surface area contributed by atoms with E-state index in [4.69, 9.17) is 5.41 Å². The smallest absolute Gasteiger partial charge is 0.243 e. The number of aryl methyl sites for hydroxylation is 1. The number of rotatable bonds is 13. The molecule has 0 unspecified atom stereocenters. The van der Waals surface area contributed by atoms with E-state index in [-0.39, 0.29) is 37.6 Å². The summed E-state index contributed by atoms with van der Waals surface area (Å²) in [5, 5.41) is 15.1. The Balaban J connectivity index is 1.74. The molecule has 1 aliphatic rings. The lowest BCUT2D eigenvalue weighted by Crippen LogP contribution is -2.54. The van der Waals surface area contributed by atoms with Crippen molar-refractivity contribution in [2.75, 3.05) is 0 Å². The average Bonchev–Trinajstić information content (AvgIpc) is 3.72. The van der Waals surface area contributed by atoms with Gasteiger partial charge < -0.3 is 21.4 Å². The third-order valence-electron chi connectivity index (χ3n) is 6.16. The lowest BCUT2D eigenvalue weighted by Gasteiger charge is -2.24. The van der Waals surface area contributed by atoms with Crippen LogP contribution in [0.5, 0.6) is 0 Å². The van der Waals surface area contributed by atoms with Gasteiger partial charge in [0.05, 0.1) is 6.21 Å². The van der Waals surface area contributed by atoms with Gasteiger partial charge in [-0.2, -0.15) is 0 Å². The van der Waals surface area contributed by atoms with Gasteiger partial charge in [-0.3, -0.25) is 19.2 Å². The molecule has 8 nitrogen and oxygen atoms in total. The predicted octanol–water partition coefficient (Wildman–Crippen LogP) is 2.51. The van der Waals surface area contributed by atoms with Crippen molar-refractivity contribution in [1.82, 2.24) is 16.0 Å². The zero-order valence-corrected chi connectivity index (χ0v) is 20.5. The Morgan fingerprint density at radius 2 is 1.65 bits per heavy atom. The van der Waals surface area contributed by atoms with Crippen LogP contribution in [0.4, 0.5) is 8.78 Å². The molecule has 37 heavy (non-hydrogen) atoms. The van der Waals surface area contributed by atoms with E-state index in [1.165, 1.54) is 36.4 Å². The number of halogens is 2. The minimum Gasteiger partial charge on any atom is -0.350 e. The minimum absolute atomic E-state index is 0.0614. The number of benzene rings is 2. The van der Waals surface area contributed by atoms with E-state index in [1.807, 2.05) is 0 Å². The van der Waals surface area contributed by atoms with Crippen molar-refractivity contribution >= 4 is 29.7 Å². The number of carbonyl (C=O) groups excluding carboxylic acids is 4. The molecule has 2 aromatic rings. The second-order valence-corrected chi connectivity index (χ2v) is 9.17. The maximum atomic E-state index is 13.6. The van der Waals surface area contributed by atoms with Crippen molar-refractivity contribution in [1.29, 1.82) is 5.41 Å². The van der Waals surface area contributed by atoms with Gasteiger partial charge in [-0.05, 0) is 67.1 Å². The fourth-order valence-corrected chi connectivity index (χ4v) is 3.77. The molecule has 0 bridgehead atoms. The van der Waals surface area contributed by atoms with E-state index in [0.717, 1.165) is 12.8 Å². The van der Waals surface area contributed by atoms with Gasteiger partial charge in [0.2, 0.25) is 17.7 Å². The molecule has 10 heteroatoms. The third-order valence-corrected chi connectivity index (χ3v) is 6.16. The van der Waals surface area contributed by atoms with Crippen LogP contribution in [0, 0.1) is 29.9 Å². The summed E-state index contributed by atoms with van der Waals surface area (Å²) in [6.07, 6.45) is 1.99. The Labute approximate surface area is 213 Å². The topological polar surface area (TPSA) is 128 Å². The second kappa shape index (κ2) is 12.8. The Bertz CT molecular complexity index is 1170. The van der Waals surface area contributed by atoms with E-state index < -0.39 is 41.3 Å². The molecule has 0 heterocycles. The molecule has 0 spiro atoms. The molecule has 4 N–H and O–H groups in total. The molecule has 3 rings (SSSR count). The Morgan fingerprint density at radius 1 is 0.973 bits per heavy atom. The molecule has 1 aliphatic carbocycles. The fourth-order valence-electron chi connectivity index (χ4n) is 3.77. The summed E-state index contributed by atoms with van der Waals surface area (Å²) in [5.41, 5.74) is 1.91. The minimum atomic E-state index is -1.12. The SMILES string of the molecule is Cc1cc(F)ccc1C[C@H](NC(=O)C1CC1)C(=O)N[C@@H](CCC(=O)C=N)C(=O)NCc1ccc(F)cc1. The predicted molar refractivity (Wildman–Crippen MR) is 133 cm³/mol. The van der Waals surface area contributed by atoms with E-state index in [2.05, 4.69) is 16.0 Å². The zero-order chi connectivity index (χ0) is 26.9. The van der Waals surface area contributed by atoms with Crippen LogP contribution >= 0.6 is 0 Å². The van der Waals surface area contributed by atoms with Crippen molar-refractivity contribution in [2.24, 2.45) is 5.92 Å². The molecule has 0 radical (unpaired) electrons. The summed E-state index contributed by atoms with van der Waals surface area (Å²) in [6.45, 7) is 1.77. The first-order chi connectivity index (χ1) is 17.7. The molecule has 3 amide bonds. The van der Waals surface area contributed by atoms with Gasteiger partial charge in [0.1, 0.15) is 23.7 Å². The number of carbonyl (C=O) groups is 4. The second-order valence-electron chi connectivity index (χ2n) is 9.17. The largest absolute Gasteiger partial charge is 0.350 e. The first-order valence-electron chi connectivity index (χ1n) is 12.1. The standard InChI is InChI=1S/C27H30F2N4O4/c1-16-12-21(29)9-6-19(16)13-24(33-25(35)18-4-5-18)27(37)32-23(11-10-22(34)14-30)26(36)31-15-17-2-7-20(28)8-3-17/h2-3,6-9,12,14,18,23-24,30H,4-5,10-11,13,15H2,1H3,(H,31,36)(H,32,37)(H,33,35)/t23-,24-/m0/s1. The van der Waals surface area contributed by atoms with Crippen molar-refractivity contribution in [3.63, 3.8) is 0 Å². The lowest BCUT2D eigenvalue weighted by atomic mass is 9.99. The summed E-state index contributed by atoms with van der Waals surface area (Å²) in [6, 6.07) is 7.55. The van der Waals surface area contributed by atoms with Gasteiger partial charge in [-0.1, -0.05) is 18.2 Å². The number of ketones is 1. The highest BCUT2D eigenvalue weighted by atomic mass is 19.1. The van der Waals surface area contributed by atoms with Gasteiger partial charge in [-0.25, -0.2) is 8.78 Å². The van der Waals surface area contributed by atoms with Gasteiger partial charge in [0.15, 0.2) is 5.78 Å². The maximum absolute atomic E-state index is 13.6. The monoisotopic (exact) mass is 512 g/mol. The fraction of sp³-hybridized carbons (Fsp3) is 0.370. The van der Waals surface area contributed by atoms with Crippen LogP contribution in [0.2, 0.25) is 0 Å². The number of hydrogen-bond donors (Lipinski definition) is 4. The van der Waals surface area contributed by atoms with E-state index in [9.17, 15) is 28.0 Å². The Kier molecular flexibility index (Phi) is 9.59. The lowest BCUT2D eigenvalue weighted by molar-refractivity contribution is -0.132. The quantitative estimate of drug-likeness (QED) is 0.308. The highest BCUT2D eigenvalue weighted by molar-refractivity contribution is 6.26. The van der Waals surface area contributed by atoms with Crippen molar-refractivity contribution < 1.29 is 28.0 Å². The van der Waals surface area contributed by atoms with E-state index in [1.54, 1.807) is 13.0 Å². The molecule has 196 valence electrons. The Hall–Kier alpha value is -3.95. The van der Waals surface area contributed by atoms with Gasteiger partial charge in [-0.15, -0.1) is 0 Å². The van der Waals surface area contributed by atoms with Gasteiger partial charge in [0, 0.05) is 25.3 Å². The van der Waals surface area contributed by atoms with Crippen LogP contribution in [-0.2, 0) is 32.1 Å². The van der Waals surface area contributed by atoms with Crippen LogP contribution in [0.1, 0.15) is 42.4 Å². The molecule has 2 aromatic carbocycles. The first kappa shape index (κ1) is 27.6. The third kappa shape index (κ3) is 8.59.